The Morgan fingerprint density at radius 3 is 1.07 bits per heavy atom. The molecule has 2 saturated carbocycles. The predicted octanol–water partition coefficient (Wildman–Crippen LogP) is 1.34. The smallest absolute Gasteiger partial charge is 0.426 e. The Balaban J connectivity index is 0.000000184. The quantitative estimate of drug-likeness (QED) is 0.375. The largest absolute Gasteiger partial charge is 0.560 e. The van der Waals surface area contributed by atoms with E-state index in [2.05, 4.69) is 14.5 Å². The number of rotatable bonds is 4. The van der Waals surface area contributed by atoms with Gasteiger partial charge in [0.05, 0.1) is 5.60 Å². The first kappa shape index (κ1) is 30.5. The maximum atomic E-state index is 11.3. The van der Waals surface area contributed by atoms with E-state index in [0.717, 1.165) is 32.1 Å². The minimum absolute atomic E-state index is 0.0618. The second-order valence-corrected chi connectivity index (χ2v) is 10.3. The minimum Gasteiger partial charge on any atom is -0.426 e. The summed E-state index contributed by atoms with van der Waals surface area (Å²) in [5.74, 6) is -3.74. The molecule has 16 nitrogen and oxygen atoms in total. The first-order valence-corrected chi connectivity index (χ1v) is 12.8. The van der Waals surface area contributed by atoms with Crippen LogP contribution >= 0.6 is 0 Å². The fourth-order valence-electron chi connectivity index (χ4n) is 3.90. The molecule has 2 aliphatic carbocycles. The van der Waals surface area contributed by atoms with Gasteiger partial charge in [0.2, 0.25) is 0 Å². The van der Waals surface area contributed by atoms with Crippen LogP contribution in [0.25, 0.3) is 0 Å². The van der Waals surface area contributed by atoms with Gasteiger partial charge in [0.1, 0.15) is 5.60 Å². The van der Waals surface area contributed by atoms with Crippen molar-refractivity contribution in [2.24, 2.45) is 0 Å². The summed E-state index contributed by atoms with van der Waals surface area (Å²) in [5, 5.41) is 9.92. The summed E-state index contributed by atoms with van der Waals surface area (Å²) in [6.45, 7) is 3.68. The fraction of sp³-hybridized carbons (Fsp3) is 0.667. The molecule has 0 atom stereocenters. The van der Waals surface area contributed by atoms with Crippen LogP contribution in [0.15, 0.2) is 0 Å². The average Bonchev–Trinajstić information content (AvgIpc) is 3.46. The Labute approximate surface area is 228 Å². The lowest BCUT2D eigenvalue weighted by Gasteiger charge is -2.36. The molecule has 5 fully saturated rings. The molecule has 0 bridgehead atoms. The number of imide groups is 3. The molecule has 0 aromatic carbocycles. The number of hydrogen-bond donors (Lipinski definition) is 1. The van der Waals surface area contributed by atoms with Crippen molar-refractivity contribution in [2.45, 2.75) is 102 Å². The van der Waals surface area contributed by atoms with Gasteiger partial charge in [-0.25, -0.2) is 4.79 Å². The second-order valence-electron chi connectivity index (χ2n) is 10.3. The van der Waals surface area contributed by atoms with Gasteiger partial charge in [-0.15, -0.1) is 0 Å². The predicted molar refractivity (Wildman–Crippen MR) is 125 cm³/mol. The van der Waals surface area contributed by atoms with Crippen molar-refractivity contribution in [1.29, 1.82) is 0 Å². The highest BCUT2D eigenvalue weighted by Gasteiger charge is 2.40. The Morgan fingerprint density at radius 1 is 0.575 bits per heavy atom. The number of amides is 6. The zero-order chi connectivity index (χ0) is 29.7. The summed E-state index contributed by atoms with van der Waals surface area (Å²) in [5.41, 5.74) is -0.775. The number of nitrogens with zero attached hydrogens (tertiary/aromatic N) is 3. The van der Waals surface area contributed by atoms with E-state index in [9.17, 15) is 38.4 Å². The molecule has 0 unspecified atom stereocenters. The van der Waals surface area contributed by atoms with E-state index in [1.165, 1.54) is 6.42 Å². The summed E-state index contributed by atoms with van der Waals surface area (Å²) in [7, 11) is 0. The normalized spacial score (nSPS) is 22.4. The van der Waals surface area contributed by atoms with E-state index in [4.69, 9.17) is 9.84 Å². The van der Waals surface area contributed by atoms with Gasteiger partial charge in [0.25, 0.3) is 35.4 Å². The van der Waals surface area contributed by atoms with Crippen molar-refractivity contribution in [1.82, 2.24) is 15.2 Å². The Hall–Kier alpha value is -4.08. The molecule has 0 aromatic rings. The van der Waals surface area contributed by atoms with Crippen LogP contribution in [-0.2, 0) is 48.0 Å². The van der Waals surface area contributed by atoms with Crippen LogP contribution < -0.4 is 0 Å². The Kier molecular flexibility index (Phi) is 9.44. The molecule has 6 amide bonds. The lowest BCUT2D eigenvalue weighted by atomic mass is 9.82. The summed E-state index contributed by atoms with van der Waals surface area (Å²) in [6.07, 6.45) is 3.26. The summed E-state index contributed by atoms with van der Waals surface area (Å²) >= 11 is 0. The zero-order valence-corrected chi connectivity index (χ0v) is 22.2. The molecule has 0 spiro atoms. The van der Waals surface area contributed by atoms with Crippen molar-refractivity contribution in [2.75, 3.05) is 0 Å². The first-order chi connectivity index (χ1) is 18.7. The molecule has 220 valence electrons. The highest BCUT2D eigenvalue weighted by atomic mass is 16.9. The van der Waals surface area contributed by atoms with E-state index in [0.29, 0.717) is 5.06 Å². The molecule has 3 heterocycles. The van der Waals surface area contributed by atoms with Crippen molar-refractivity contribution in [3.63, 3.8) is 0 Å². The third-order valence-corrected chi connectivity index (χ3v) is 6.69. The molecule has 40 heavy (non-hydrogen) atoms. The van der Waals surface area contributed by atoms with Crippen LogP contribution in [0, 0.1) is 0 Å². The average molecular weight is 570 g/mol. The maximum Gasteiger partial charge on any atom is 0.560 e. The SMILES string of the molecule is CC1(O)CCC1.CC1(OC(=O)ON2C(=O)CCC2=O)CCC1.O=C(ON1C(=O)CCC1=O)ON1C(=O)CCC1=O. The zero-order valence-electron chi connectivity index (χ0n) is 22.2. The van der Waals surface area contributed by atoms with Crippen LogP contribution in [0.3, 0.4) is 0 Å². The minimum atomic E-state index is -1.48. The molecule has 1 N–H and O–H groups in total. The number of hydroxylamine groups is 6. The molecular formula is C24H31N3O13. The van der Waals surface area contributed by atoms with Gasteiger partial charge in [-0.1, -0.05) is 15.2 Å². The van der Waals surface area contributed by atoms with Crippen molar-refractivity contribution in [3.8, 4) is 0 Å². The maximum absolute atomic E-state index is 11.3. The molecule has 0 aromatic heterocycles. The standard InChI is InChI=1S/C10H13NO5.C9H8N2O7.C5H10O/c1-10(5-2-6-10)15-9(14)16-11-7(12)3-4-8(11)13;12-5-1-2-6(13)10(5)17-9(16)18-11-7(14)3-4-8(11)15;1-5(6)3-2-4-5/h2-6H2,1H3;1-4H2;6H,2-4H2,1H3. The Bertz CT molecular complexity index is 1000. The summed E-state index contributed by atoms with van der Waals surface area (Å²) in [6, 6.07) is 0. The van der Waals surface area contributed by atoms with E-state index in [1.807, 2.05) is 6.92 Å². The molecular weight excluding hydrogens is 538 g/mol. The van der Waals surface area contributed by atoms with Gasteiger partial charge in [0, 0.05) is 38.5 Å². The number of ether oxygens (including phenoxy) is 1. The Morgan fingerprint density at radius 2 is 0.850 bits per heavy atom. The van der Waals surface area contributed by atoms with E-state index >= 15 is 0 Å². The third kappa shape index (κ3) is 7.97. The molecule has 5 aliphatic rings. The van der Waals surface area contributed by atoms with Gasteiger partial charge in [-0.3, -0.25) is 43.3 Å². The molecule has 0 radical (unpaired) electrons. The fourth-order valence-corrected chi connectivity index (χ4v) is 3.90. The van der Waals surface area contributed by atoms with Crippen LogP contribution in [0.5, 0.6) is 0 Å². The first-order valence-electron chi connectivity index (χ1n) is 12.8. The number of carbonyl (C=O) groups is 8. The van der Waals surface area contributed by atoms with E-state index in [1.54, 1.807) is 6.92 Å². The van der Waals surface area contributed by atoms with Crippen LogP contribution in [0.1, 0.15) is 90.9 Å². The van der Waals surface area contributed by atoms with Crippen molar-refractivity contribution < 1.29 is 62.7 Å². The topological polar surface area (TPSA) is 203 Å². The van der Waals surface area contributed by atoms with E-state index in [-0.39, 0.29) is 54.3 Å². The summed E-state index contributed by atoms with van der Waals surface area (Å²) < 4.78 is 5.03. The van der Waals surface area contributed by atoms with Crippen molar-refractivity contribution >= 4 is 47.8 Å². The number of hydrogen-bond acceptors (Lipinski definition) is 13. The van der Waals surface area contributed by atoms with Gasteiger partial charge in [0.15, 0.2) is 0 Å². The number of carbonyl (C=O) groups excluding carboxylic acids is 8. The van der Waals surface area contributed by atoms with E-state index < -0.39 is 53.4 Å². The lowest BCUT2D eigenvalue weighted by molar-refractivity contribution is -0.198. The number of aliphatic hydroxyl groups is 1. The van der Waals surface area contributed by atoms with Gasteiger partial charge in [-0.05, 0) is 52.4 Å². The van der Waals surface area contributed by atoms with Crippen LogP contribution in [-0.4, -0.2) is 79.3 Å². The molecule has 16 heteroatoms. The highest BCUT2D eigenvalue weighted by Crippen LogP contribution is 2.35. The monoisotopic (exact) mass is 569 g/mol. The van der Waals surface area contributed by atoms with Crippen molar-refractivity contribution in [3.05, 3.63) is 0 Å². The van der Waals surface area contributed by atoms with Gasteiger partial charge in [-0.2, -0.15) is 4.79 Å². The molecule has 5 rings (SSSR count). The molecule has 3 saturated heterocycles. The second kappa shape index (κ2) is 12.4. The summed E-state index contributed by atoms with van der Waals surface area (Å²) in [4.78, 5) is 102. The third-order valence-electron chi connectivity index (χ3n) is 6.69. The highest BCUT2D eigenvalue weighted by molar-refractivity contribution is 6.03. The lowest BCUT2D eigenvalue weighted by Crippen LogP contribution is -2.41. The van der Waals surface area contributed by atoms with Gasteiger partial charge < -0.3 is 9.84 Å². The van der Waals surface area contributed by atoms with Gasteiger partial charge >= 0.3 is 12.3 Å². The van der Waals surface area contributed by atoms with Crippen LogP contribution in [0.2, 0.25) is 0 Å². The van der Waals surface area contributed by atoms with Crippen LogP contribution in [0.4, 0.5) is 9.59 Å². The molecule has 3 aliphatic heterocycles.